The molecule has 0 amide bonds. The molecule has 1 aromatic heterocycles. The lowest BCUT2D eigenvalue weighted by Gasteiger charge is -2.44. The standard InChI is InChI=1S/C24H20B.C16H12IO2/c1-5-13-21(14-6-1)25(22-15-7-2-8-16-22,23-17-9-3-10-18-23)24-19-11-4-12-20-24;1-11-2-6-13(7-3-11)17-14-8-4-12-5-9-16(18)19-15(12)10-14/h1-20H;2-10H,1H3/q-1;+1. The van der Waals surface area contributed by atoms with E-state index in [-0.39, 0.29) is 26.8 Å². The molecule has 2 nitrogen and oxygen atoms in total. The molecular formula is C40H32BIO2. The Kier molecular flexibility index (Phi) is 9.18. The van der Waals surface area contributed by atoms with Crippen molar-refractivity contribution in [3.05, 3.63) is 199 Å². The molecular weight excluding hydrogens is 650 g/mol. The highest BCUT2D eigenvalue weighted by Crippen LogP contribution is 2.10. The van der Waals surface area contributed by atoms with Gasteiger partial charge >= 0.3 is 26.8 Å². The first-order chi connectivity index (χ1) is 21.6. The van der Waals surface area contributed by atoms with Gasteiger partial charge in [-0.1, -0.05) is 139 Å². The van der Waals surface area contributed by atoms with Crippen molar-refractivity contribution >= 4 is 39.0 Å². The van der Waals surface area contributed by atoms with Crippen LogP contribution in [-0.2, 0) is 0 Å². The zero-order valence-electron chi connectivity index (χ0n) is 24.5. The zero-order chi connectivity index (χ0) is 30.2. The molecule has 7 rings (SSSR count). The van der Waals surface area contributed by atoms with Gasteiger partial charge in [0, 0.05) is 17.5 Å². The molecule has 0 N–H and O–H groups in total. The van der Waals surface area contributed by atoms with Gasteiger partial charge in [-0.2, -0.15) is 21.9 Å². The Hall–Kier alpha value is -4.68. The van der Waals surface area contributed by atoms with E-state index in [1.807, 2.05) is 12.1 Å². The van der Waals surface area contributed by atoms with Crippen molar-refractivity contribution in [3.63, 3.8) is 0 Å². The van der Waals surface area contributed by atoms with Crippen molar-refractivity contribution in [2.75, 3.05) is 0 Å². The third kappa shape index (κ3) is 6.46. The summed E-state index contributed by atoms with van der Waals surface area (Å²) in [5.74, 6) is 0. The Morgan fingerprint density at radius 2 is 0.886 bits per heavy atom. The molecule has 0 unspecified atom stereocenters. The lowest BCUT2D eigenvalue weighted by Crippen LogP contribution is -3.61. The second kappa shape index (κ2) is 13.7. The van der Waals surface area contributed by atoms with E-state index in [0.717, 1.165) is 5.39 Å². The van der Waals surface area contributed by atoms with Crippen molar-refractivity contribution in [2.24, 2.45) is 0 Å². The van der Waals surface area contributed by atoms with E-state index in [1.165, 1.54) is 40.6 Å². The van der Waals surface area contributed by atoms with Gasteiger partial charge < -0.3 is 4.42 Å². The highest BCUT2D eigenvalue weighted by molar-refractivity contribution is 7.19. The summed E-state index contributed by atoms with van der Waals surface area (Å²) in [4.78, 5) is 11.2. The van der Waals surface area contributed by atoms with E-state index >= 15 is 0 Å². The van der Waals surface area contributed by atoms with Crippen molar-refractivity contribution in [2.45, 2.75) is 6.92 Å². The number of hydrogen-bond donors (Lipinski definition) is 0. The molecule has 0 aliphatic heterocycles. The molecule has 1 heterocycles. The first kappa shape index (κ1) is 29.4. The maximum absolute atomic E-state index is 11.2. The van der Waals surface area contributed by atoms with Gasteiger partial charge in [0.2, 0.25) is 0 Å². The highest BCUT2D eigenvalue weighted by Gasteiger charge is 2.31. The van der Waals surface area contributed by atoms with Crippen LogP contribution in [0.4, 0.5) is 0 Å². The number of hydrogen-bond acceptors (Lipinski definition) is 2. The average molecular weight is 682 g/mol. The summed E-state index contributed by atoms with van der Waals surface area (Å²) in [7, 11) is 0. The molecule has 0 aliphatic rings. The van der Waals surface area contributed by atoms with Gasteiger partial charge in [0.1, 0.15) is 11.7 Å². The lowest BCUT2D eigenvalue weighted by atomic mass is 9.13. The topological polar surface area (TPSA) is 30.2 Å². The molecule has 0 spiro atoms. The van der Waals surface area contributed by atoms with E-state index in [2.05, 4.69) is 159 Å². The summed E-state index contributed by atoms with van der Waals surface area (Å²) in [5, 5.41) is 0.969. The van der Waals surface area contributed by atoms with Gasteiger partial charge in [-0.3, -0.25) is 0 Å². The first-order valence-corrected chi connectivity index (χ1v) is 16.9. The number of benzene rings is 6. The zero-order valence-corrected chi connectivity index (χ0v) is 26.7. The molecule has 0 saturated heterocycles. The Bertz CT molecular complexity index is 1830. The van der Waals surface area contributed by atoms with Crippen LogP contribution in [0.3, 0.4) is 0 Å². The lowest BCUT2D eigenvalue weighted by molar-refractivity contribution is -0.597. The van der Waals surface area contributed by atoms with Crippen molar-refractivity contribution in [3.8, 4) is 0 Å². The predicted octanol–water partition coefficient (Wildman–Crippen LogP) is 3.29. The Balaban J connectivity index is 0.000000162. The van der Waals surface area contributed by atoms with Gasteiger partial charge in [0.05, 0.1) is 0 Å². The normalized spacial score (nSPS) is 11.0. The van der Waals surface area contributed by atoms with E-state index in [1.54, 1.807) is 6.07 Å². The SMILES string of the molecule is Cc1ccc([I+]c2ccc3ccc(=O)oc3c2)cc1.c1ccc([B-](c2ccccc2)(c2ccccc2)c2ccccc2)cc1. The van der Waals surface area contributed by atoms with E-state index < -0.39 is 6.15 Å². The van der Waals surface area contributed by atoms with Gasteiger partial charge in [-0.25, -0.2) is 4.79 Å². The molecule has 0 radical (unpaired) electrons. The molecule has 7 aromatic rings. The van der Waals surface area contributed by atoms with Crippen molar-refractivity contribution in [1.29, 1.82) is 0 Å². The average Bonchev–Trinajstić information content (AvgIpc) is 3.08. The van der Waals surface area contributed by atoms with Crippen LogP contribution >= 0.6 is 0 Å². The van der Waals surface area contributed by atoms with Crippen LogP contribution in [0.2, 0.25) is 0 Å². The van der Waals surface area contributed by atoms with Gasteiger partial charge in [0.15, 0.2) is 7.14 Å². The summed E-state index contributed by atoms with van der Waals surface area (Å²) < 4.78 is 7.84. The van der Waals surface area contributed by atoms with Gasteiger partial charge in [-0.05, 0) is 37.3 Å². The fourth-order valence-corrected chi connectivity index (χ4v) is 8.17. The predicted molar refractivity (Wildman–Crippen MR) is 181 cm³/mol. The fourth-order valence-electron chi connectivity index (χ4n) is 5.94. The Labute approximate surface area is 269 Å². The van der Waals surface area contributed by atoms with E-state index in [0.29, 0.717) is 5.58 Å². The van der Waals surface area contributed by atoms with Crippen LogP contribution in [0.5, 0.6) is 0 Å². The summed E-state index contributed by atoms with van der Waals surface area (Å²) >= 11 is -0.231. The Morgan fingerprint density at radius 3 is 1.34 bits per heavy atom. The number of fused-ring (bicyclic) bond motifs is 1. The molecule has 0 aliphatic carbocycles. The van der Waals surface area contributed by atoms with Crippen molar-refractivity contribution < 1.29 is 25.6 Å². The summed E-state index contributed by atoms with van der Waals surface area (Å²) in [6, 6.07) is 61.5. The maximum Gasteiger partial charge on any atom is 0.358 e. The van der Waals surface area contributed by atoms with Crippen LogP contribution < -0.4 is 48.7 Å². The number of aryl methyl sites for hydroxylation is 1. The van der Waals surface area contributed by atoms with Crippen LogP contribution in [-0.4, -0.2) is 6.15 Å². The summed E-state index contributed by atoms with van der Waals surface area (Å²) in [6.45, 7) is 2.09. The van der Waals surface area contributed by atoms with Gasteiger partial charge in [0.25, 0.3) is 0 Å². The van der Waals surface area contributed by atoms with E-state index in [4.69, 9.17) is 4.42 Å². The second-order valence-corrected chi connectivity index (χ2v) is 13.9. The maximum atomic E-state index is 11.2. The van der Waals surface area contributed by atoms with Crippen LogP contribution in [0, 0.1) is 14.1 Å². The Morgan fingerprint density at radius 1 is 0.477 bits per heavy atom. The first-order valence-electron chi connectivity index (χ1n) is 14.8. The van der Waals surface area contributed by atoms with Crippen LogP contribution in [0.1, 0.15) is 5.56 Å². The highest BCUT2D eigenvalue weighted by atomic mass is 127. The third-order valence-electron chi connectivity index (χ3n) is 8.01. The van der Waals surface area contributed by atoms with E-state index in [9.17, 15) is 4.79 Å². The van der Waals surface area contributed by atoms with Crippen LogP contribution in [0.25, 0.3) is 11.0 Å². The third-order valence-corrected chi connectivity index (χ3v) is 10.6. The van der Waals surface area contributed by atoms with Crippen LogP contribution in [0.15, 0.2) is 185 Å². The summed E-state index contributed by atoms with van der Waals surface area (Å²) in [5.41, 5.74) is 7.02. The van der Waals surface area contributed by atoms with Gasteiger partial charge in [-0.15, -0.1) is 0 Å². The molecule has 4 heteroatoms. The molecule has 0 fully saturated rings. The molecule has 44 heavy (non-hydrogen) atoms. The minimum Gasteiger partial charge on any atom is -0.423 e. The van der Waals surface area contributed by atoms with Crippen molar-refractivity contribution in [1.82, 2.24) is 0 Å². The smallest absolute Gasteiger partial charge is 0.358 e. The second-order valence-electron chi connectivity index (χ2n) is 10.8. The number of rotatable bonds is 6. The minimum atomic E-state index is -1.22. The molecule has 0 atom stereocenters. The number of halogens is 1. The molecule has 0 saturated carbocycles. The fraction of sp³-hybridized carbons (Fsp3) is 0.0250. The molecule has 214 valence electrons. The quantitative estimate of drug-likeness (QED) is 0.153. The monoisotopic (exact) mass is 682 g/mol. The molecule has 0 bridgehead atoms. The molecule has 6 aromatic carbocycles. The summed E-state index contributed by atoms with van der Waals surface area (Å²) in [6.07, 6.45) is -1.22. The minimum absolute atomic E-state index is 0.231. The largest absolute Gasteiger partial charge is 0.423 e.